The van der Waals surface area contributed by atoms with E-state index < -0.39 is 23.6 Å². The van der Waals surface area contributed by atoms with E-state index in [4.69, 9.17) is 14.2 Å². The molecule has 0 saturated carbocycles. The number of carbonyl (C=O) groups is 3. The molecule has 0 bridgehead atoms. The summed E-state index contributed by atoms with van der Waals surface area (Å²) in [7, 11) is 1.53. The highest BCUT2D eigenvalue weighted by Gasteiger charge is 2.57. The molecule has 2 aromatic carbocycles. The van der Waals surface area contributed by atoms with Crippen LogP contribution in [-0.2, 0) is 20.7 Å². The predicted molar refractivity (Wildman–Crippen MR) is 125 cm³/mol. The predicted octanol–water partition coefficient (Wildman–Crippen LogP) is 3.52. The average molecular weight is 469 g/mol. The summed E-state index contributed by atoms with van der Waals surface area (Å²) in [5, 5.41) is 6.57. The third kappa shape index (κ3) is 4.80. The number of amides is 3. The highest BCUT2D eigenvalue weighted by Crippen LogP contribution is 2.34. The second-order valence-corrected chi connectivity index (χ2v) is 7.39. The van der Waals surface area contributed by atoms with E-state index in [1.165, 1.54) is 12.1 Å². The zero-order valence-electron chi connectivity index (χ0n) is 19.6. The van der Waals surface area contributed by atoms with Gasteiger partial charge in [0.15, 0.2) is 5.54 Å². The van der Waals surface area contributed by atoms with E-state index in [-0.39, 0.29) is 25.3 Å². The summed E-state index contributed by atoms with van der Waals surface area (Å²) in [5.41, 5.74) is 2.16. The maximum atomic E-state index is 14.0. The number of benzene rings is 2. The van der Waals surface area contributed by atoms with Gasteiger partial charge in [0.05, 0.1) is 31.7 Å². The van der Waals surface area contributed by atoms with E-state index in [2.05, 4.69) is 10.5 Å². The van der Waals surface area contributed by atoms with E-state index in [0.717, 1.165) is 5.01 Å². The molecule has 0 aromatic heterocycles. The zero-order chi connectivity index (χ0) is 24.7. The second kappa shape index (κ2) is 10.7. The number of carbonyl (C=O) groups excluding carboxylic acids is 3. The Kier molecular flexibility index (Phi) is 7.72. The van der Waals surface area contributed by atoms with E-state index in [9.17, 15) is 14.4 Å². The molecule has 3 amide bonds. The summed E-state index contributed by atoms with van der Waals surface area (Å²) >= 11 is 0. The third-order valence-corrected chi connectivity index (χ3v) is 5.30. The van der Waals surface area contributed by atoms with Gasteiger partial charge >= 0.3 is 12.2 Å². The summed E-state index contributed by atoms with van der Waals surface area (Å²) < 4.78 is 15.5. The van der Waals surface area contributed by atoms with Crippen LogP contribution in [0, 0.1) is 0 Å². The monoisotopic (exact) mass is 468 g/mol. The molecule has 1 atom stereocenters. The minimum atomic E-state index is -1.72. The number of hydrogen-bond donors (Lipinski definition) is 1. The van der Waals surface area contributed by atoms with E-state index in [1.54, 1.807) is 69.3 Å². The fourth-order valence-electron chi connectivity index (χ4n) is 3.71. The quantitative estimate of drug-likeness (QED) is 0.623. The van der Waals surface area contributed by atoms with Crippen LogP contribution in [0.5, 0.6) is 5.75 Å². The van der Waals surface area contributed by atoms with Crippen LogP contribution in [0.15, 0.2) is 59.7 Å². The lowest BCUT2D eigenvalue weighted by molar-refractivity contribution is -0.126. The molecule has 10 nitrogen and oxygen atoms in total. The first kappa shape index (κ1) is 24.6. The first-order valence-corrected chi connectivity index (χ1v) is 10.9. The van der Waals surface area contributed by atoms with Crippen molar-refractivity contribution in [1.29, 1.82) is 0 Å². The van der Waals surface area contributed by atoms with Crippen molar-refractivity contribution >= 4 is 29.5 Å². The third-order valence-electron chi connectivity index (χ3n) is 5.30. The smallest absolute Gasteiger partial charge is 0.430 e. The van der Waals surface area contributed by atoms with Crippen molar-refractivity contribution in [2.75, 3.05) is 25.3 Å². The highest BCUT2D eigenvalue weighted by atomic mass is 16.6. The van der Waals surface area contributed by atoms with Crippen molar-refractivity contribution in [2.45, 2.75) is 32.7 Å². The number of rotatable bonds is 7. The van der Waals surface area contributed by atoms with E-state index in [1.807, 2.05) is 6.07 Å². The van der Waals surface area contributed by atoms with Crippen molar-refractivity contribution in [3.8, 4) is 5.75 Å². The lowest BCUT2D eigenvalue weighted by atomic mass is 9.85. The SMILES string of the molecule is CCOC(=O)NN(C(=O)OCC)[C@@]1(Cc2cccc(OC)c2)C(=O)N(c2ccccc2)N=C1C. The van der Waals surface area contributed by atoms with Crippen LogP contribution < -0.4 is 15.2 Å². The van der Waals surface area contributed by atoms with Crippen molar-refractivity contribution < 1.29 is 28.6 Å². The van der Waals surface area contributed by atoms with Crippen LogP contribution in [0.4, 0.5) is 15.3 Å². The summed E-state index contributed by atoms with van der Waals surface area (Å²) in [6.45, 7) is 4.98. The Morgan fingerprint density at radius 2 is 1.76 bits per heavy atom. The van der Waals surface area contributed by atoms with Gasteiger partial charge in [-0.2, -0.15) is 15.1 Å². The Labute approximate surface area is 198 Å². The Morgan fingerprint density at radius 3 is 2.41 bits per heavy atom. The van der Waals surface area contributed by atoms with Crippen LogP contribution >= 0.6 is 0 Å². The van der Waals surface area contributed by atoms with Crippen molar-refractivity contribution in [1.82, 2.24) is 10.4 Å². The van der Waals surface area contributed by atoms with Gasteiger partial charge in [-0.05, 0) is 50.6 Å². The maximum absolute atomic E-state index is 14.0. The first-order chi connectivity index (χ1) is 16.4. The molecule has 1 aliphatic heterocycles. The molecule has 1 aliphatic rings. The Hall–Kier alpha value is -4.08. The minimum absolute atomic E-state index is 0.00702. The molecule has 0 aliphatic carbocycles. The van der Waals surface area contributed by atoms with Crippen molar-refractivity contribution in [3.63, 3.8) is 0 Å². The lowest BCUT2D eigenvalue weighted by Crippen LogP contribution is -2.68. The molecule has 0 radical (unpaired) electrons. The Balaban J connectivity index is 2.15. The molecule has 0 spiro atoms. The van der Waals surface area contributed by atoms with Gasteiger partial charge in [0.25, 0.3) is 5.91 Å². The Bertz CT molecular complexity index is 1070. The lowest BCUT2D eigenvalue weighted by Gasteiger charge is -2.38. The molecule has 2 aromatic rings. The topological polar surface area (TPSA) is 110 Å². The number of hydrazine groups is 1. The molecular formula is C24H28N4O6. The number of ether oxygens (including phenoxy) is 3. The van der Waals surface area contributed by atoms with Gasteiger partial charge in [-0.1, -0.05) is 30.3 Å². The fraction of sp³-hybridized carbons (Fsp3) is 0.333. The number of hydrazone groups is 1. The average Bonchev–Trinajstić information content (AvgIpc) is 3.09. The zero-order valence-corrected chi connectivity index (χ0v) is 19.6. The van der Waals surface area contributed by atoms with Crippen LogP contribution in [0.25, 0.3) is 0 Å². The van der Waals surface area contributed by atoms with Gasteiger partial charge in [-0.25, -0.2) is 15.0 Å². The molecule has 0 saturated heterocycles. The van der Waals surface area contributed by atoms with Gasteiger partial charge in [-0.3, -0.25) is 4.79 Å². The molecule has 1 heterocycles. The Morgan fingerprint density at radius 1 is 1.06 bits per heavy atom. The van der Waals surface area contributed by atoms with Gasteiger partial charge in [0, 0.05) is 6.42 Å². The van der Waals surface area contributed by atoms with Crippen LogP contribution in [0.3, 0.4) is 0 Å². The maximum Gasteiger partial charge on any atom is 0.430 e. The molecule has 10 heteroatoms. The van der Waals surface area contributed by atoms with Gasteiger partial charge in [-0.15, -0.1) is 0 Å². The largest absolute Gasteiger partial charge is 0.497 e. The number of nitrogens with zero attached hydrogens (tertiary/aromatic N) is 3. The molecule has 0 fully saturated rings. The molecule has 34 heavy (non-hydrogen) atoms. The van der Waals surface area contributed by atoms with Gasteiger partial charge in [0.2, 0.25) is 0 Å². The number of nitrogens with one attached hydrogen (secondary N) is 1. The molecule has 3 rings (SSSR count). The number of para-hydroxylation sites is 1. The minimum Gasteiger partial charge on any atom is -0.497 e. The van der Waals surface area contributed by atoms with Crippen LogP contribution in [-0.4, -0.2) is 54.7 Å². The summed E-state index contributed by atoms with van der Waals surface area (Å²) in [6, 6.07) is 15.9. The molecule has 180 valence electrons. The normalized spacial score (nSPS) is 17.1. The highest BCUT2D eigenvalue weighted by molar-refractivity contribution is 6.23. The van der Waals surface area contributed by atoms with Crippen molar-refractivity contribution in [3.05, 3.63) is 60.2 Å². The second-order valence-electron chi connectivity index (χ2n) is 7.39. The van der Waals surface area contributed by atoms with E-state index in [0.29, 0.717) is 17.0 Å². The van der Waals surface area contributed by atoms with Crippen LogP contribution in [0.1, 0.15) is 26.3 Å². The summed E-state index contributed by atoms with van der Waals surface area (Å²) in [4.78, 5) is 39.5. The van der Waals surface area contributed by atoms with Gasteiger partial charge in [0.1, 0.15) is 5.75 Å². The molecule has 0 unspecified atom stereocenters. The van der Waals surface area contributed by atoms with Gasteiger partial charge < -0.3 is 14.2 Å². The number of methoxy groups -OCH3 is 1. The summed E-state index contributed by atoms with van der Waals surface area (Å²) in [5.74, 6) is 0.0394. The number of anilines is 1. The molecule has 1 N–H and O–H groups in total. The number of hydrogen-bond acceptors (Lipinski definition) is 7. The molecular weight excluding hydrogens is 440 g/mol. The van der Waals surface area contributed by atoms with E-state index >= 15 is 0 Å². The summed E-state index contributed by atoms with van der Waals surface area (Å²) in [6.07, 6.45) is -1.83. The fourth-order valence-corrected chi connectivity index (χ4v) is 3.71. The van der Waals surface area contributed by atoms with Crippen LogP contribution in [0.2, 0.25) is 0 Å². The standard InChI is InChI=1S/C24H28N4O6/c1-5-33-22(30)26-28(23(31)34-6-2)24(16-18-11-10-14-20(15-18)32-4)17(3)25-27(21(24)29)19-12-8-7-9-13-19/h7-15H,5-6,16H2,1-4H3,(H,26,30)/t24-/m1/s1. The van der Waals surface area contributed by atoms with Crippen molar-refractivity contribution in [2.24, 2.45) is 5.10 Å². The first-order valence-electron chi connectivity index (χ1n) is 10.9.